The lowest BCUT2D eigenvalue weighted by Crippen LogP contribution is -2.62. The molecule has 1 atom stereocenters. The Labute approximate surface area is 137 Å². The molecule has 2 bridgehead atoms. The van der Waals surface area contributed by atoms with Crippen LogP contribution in [0.1, 0.15) is 0 Å². The van der Waals surface area contributed by atoms with Gasteiger partial charge >= 0.3 is 0 Å². The maximum absolute atomic E-state index is 6.10. The molecule has 1 unspecified atom stereocenters. The van der Waals surface area contributed by atoms with E-state index in [1.807, 2.05) is 11.8 Å². The number of hydrogen-bond acceptors (Lipinski definition) is 4. The van der Waals surface area contributed by atoms with E-state index in [9.17, 15) is 0 Å². The first-order valence-corrected chi connectivity index (χ1v) is 8.07. The van der Waals surface area contributed by atoms with E-state index < -0.39 is 0 Å². The summed E-state index contributed by atoms with van der Waals surface area (Å²) in [6.45, 7) is 9.04. The highest BCUT2D eigenvalue weighted by molar-refractivity contribution is 14.0. The second-order valence-corrected chi connectivity index (χ2v) is 6.51. The first-order chi connectivity index (χ1) is 8.83. The van der Waals surface area contributed by atoms with Gasteiger partial charge in [-0.2, -0.15) is 11.8 Å². The molecule has 0 radical (unpaired) electrons. The number of nitrogens with zero attached hydrogens (tertiary/aromatic N) is 4. The van der Waals surface area contributed by atoms with Crippen molar-refractivity contribution in [2.24, 2.45) is 10.7 Å². The van der Waals surface area contributed by atoms with Crippen LogP contribution in [0.4, 0.5) is 0 Å². The lowest BCUT2D eigenvalue weighted by Gasteiger charge is -2.47. The summed E-state index contributed by atoms with van der Waals surface area (Å²) in [5.41, 5.74) is 6.10. The van der Waals surface area contributed by atoms with Crippen molar-refractivity contribution in [2.45, 2.75) is 6.04 Å². The Bertz CT molecular complexity index is 313. The van der Waals surface area contributed by atoms with Gasteiger partial charge in [-0.3, -0.25) is 14.8 Å². The molecule has 0 amide bonds. The molecule has 110 valence electrons. The summed E-state index contributed by atoms with van der Waals surface area (Å²) in [7, 11) is 0. The third kappa shape index (κ3) is 3.89. The molecule has 4 aliphatic heterocycles. The fourth-order valence-electron chi connectivity index (χ4n) is 2.99. The van der Waals surface area contributed by atoms with Crippen molar-refractivity contribution >= 4 is 41.7 Å². The molecule has 0 spiro atoms. The summed E-state index contributed by atoms with van der Waals surface area (Å²) < 4.78 is 0. The zero-order chi connectivity index (χ0) is 12.4. The van der Waals surface area contributed by atoms with Gasteiger partial charge in [-0.05, 0) is 0 Å². The largest absolute Gasteiger partial charge is 0.370 e. The maximum Gasteiger partial charge on any atom is 0.191 e. The maximum atomic E-state index is 6.10. The van der Waals surface area contributed by atoms with Crippen molar-refractivity contribution in [3.8, 4) is 0 Å². The van der Waals surface area contributed by atoms with Gasteiger partial charge in [0.15, 0.2) is 5.96 Å². The van der Waals surface area contributed by atoms with Crippen LogP contribution in [-0.4, -0.2) is 90.6 Å². The van der Waals surface area contributed by atoms with E-state index in [-0.39, 0.29) is 24.0 Å². The molecule has 0 aliphatic carbocycles. The average molecular weight is 397 g/mol. The van der Waals surface area contributed by atoms with Gasteiger partial charge in [-0.25, -0.2) is 0 Å². The van der Waals surface area contributed by atoms with Gasteiger partial charge in [0, 0.05) is 63.4 Å². The van der Waals surface area contributed by atoms with Gasteiger partial charge in [0.05, 0.1) is 6.54 Å². The summed E-state index contributed by atoms with van der Waals surface area (Å²) >= 11 is 2.00. The van der Waals surface area contributed by atoms with Crippen LogP contribution < -0.4 is 5.73 Å². The average Bonchev–Trinajstić information content (AvgIpc) is 2.47. The smallest absolute Gasteiger partial charge is 0.191 e. The molecule has 0 aromatic carbocycles. The summed E-state index contributed by atoms with van der Waals surface area (Å²) in [6, 6.07) is 0.588. The zero-order valence-electron chi connectivity index (χ0n) is 11.3. The van der Waals surface area contributed by atoms with Crippen molar-refractivity contribution in [3.63, 3.8) is 0 Å². The number of hydrogen-bond donors (Lipinski definition) is 1. The second kappa shape index (κ2) is 7.33. The standard InChI is InChI=1S/C12H23N5S.HI/c13-12(17-5-7-18-8-6-17)14-9-11-10-15-1-3-16(11)4-2-15;/h11H,1-10H2,(H2,13,14);1H. The molecule has 4 aliphatic rings. The Kier molecular flexibility index (Phi) is 6.04. The molecule has 2 N–H and O–H groups in total. The number of halogens is 1. The highest BCUT2D eigenvalue weighted by atomic mass is 127. The first-order valence-electron chi connectivity index (χ1n) is 6.92. The number of fused-ring (bicyclic) bond motifs is 3. The molecule has 4 heterocycles. The van der Waals surface area contributed by atoms with Crippen LogP contribution in [0.25, 0.3) is 0 Å². The number of piperazine rings is 3. The van der Waals surface area contributed by atoms with Gasteiger partial charge in [-0.15, -0.1) is 24.0 Å². The van der Waals surface area contributed by atoms with Crippen LogP contribution in [0.2, 0.25) is 0 Å². The Morgan fingerprint density at radius 1 is 1.11 bits per heavy atom. The first kappa shape index (κ1) is 15.7. The molecule has 0 saturated carbocycles. The third-order valence-corrected chi connectivity index (χ3v) is 5.13. The Balaban J connectivity index is 0.00000133. The number of guanidine groups is 1. The zero-order valence-corrected chi connectivity index (χ0v) is 14.5. The SMILES string of the molecule is I.NC(=NCC1CN2CCN1CC2)N1CCSCC1. The molecular weight excluding hydrogens is 373 g/mol. The third-order valence-electron chi connectivity index (χ3n) is 4.19. The van der Waals surface area contributed by atoms with E-state index >= 15 is 0 Å². The minimum absolute atomic E-state index is 0. The fourth-order valence-corrected chi connectivity index (χ4v) is 3.89. The van der Waals surface area contributed by atoms with Crippen LogP contribution >= 0.6 is 35.7 Å². The number of nitrogens with two attached hydrogens (primary N) is 1. The summed E-state index contributed by atoms with van der Waals surface area (Å²) in [6.07, 6.45) is 0. The number of aliphatic imine (C=N–C) groups is 1. The van der Waals surface area contributed by atoms with Gasteiger partial charge in [0.1, 0.15) is 0 Å². The minimum Gasteiger partial charge on any atom is -0.370 e. The topological polar surface area (TPSA) is 48.1 Å². The van der Waals surface area contributed by atoms with E-state index in [1.165, 1.54) is 44.2 Å². The summed E-state index contributed by atoms with van der Waals surface area (Å²) in [5.74, 6) is 3.12. The van der Waals surface area contributed by atoms with Crippen LogP contribution in [0.3, 0.4) is 0 Å². The van der Waals surface area contributed by atoms with Gasteiger partial charge in [0.25, 0.3) is 0 Å². The molecule has 4 fully saturated rings. The Morgan fingerprint density at radius 2 is 1.79 bits per heavy atom. The van der Waals surface area contributed by atoms with Crippen LogP contribution in [-0.2, 0) is 0 Å². The summed E-state index contributed by atoms with van der Waals surface area (Å²) in [5, 5.41) is 0. The molecule has 7 heteroatoms. The molecule has 4 saturated heterocycles. The van der Waals surface area contributed by atoms with E-state index in [1.54, 1.807) is 0 Å². The molecule has 5 nitrogen and oxygen atoms in total. The Hall–Kier alpha value is 0.270. The van der Waals surface area contributed by atoms with E-state index in [4.69, 9.17) is 5.73 Å². The lowest BCUT2D eigenvalue weighted by atomic mass is 10.1. The normalized spacial score (nSPS) is 35.1. The minimum atomic E-state index is 0. The van der Waals surface area contributed by atoms with E-state index in [0.29, 0.717) is 6.04 Å². The monoisotopic (exact) mass is 397 g/mol. The van der Waals surface area contributed by atoms with Crippen LogP contribution in [0, 0.1) is 0 Å². The van der Waals surface area contributed by atoms with Crippen LogP contribution in [0.15, 0.2) is 4.99 Å². The lowest BCUT2D eigenvalue weighted by molar-refractivity contribution is 0.0173. The van der Waals surface area contributed by atoms with E-state index in [0.717, 1.165) is 25.6 Å². The number of thioether (sulfide) groups is 1. The van der Waals surface area contributed by atoms with E-state index in [2.05, 4.69) is 19.7 Å². The molecule has 19 heavy (non-hydrogen) atoms. The molecular formula is C12H24IN5S. The fraction of sp³-hybridized carbons (Fsp3) is 0.917. The Morgan fingerprint density at radius 3 is 2.37 bits per heavy atom. The highest BCUT2D eigenvalue weighted by Crippen LogP contribution is 2.16. The van der Waals surface area contributed by atoms with Crippen molar-refractivity contribution in [2.75, 3.05) is 63.9 Å². The quantitative estimate of drug-likeness (QED) is 0.403. The second-order valence-electron chi connectivity index (χ2n) is 5.29. The summed E-state index contributed by atoms with van der Waals surface area (Å²) in [4.78, 5) is 12.0. The van der Waals surface area contributed by atoms with Crippen molar-refractivity contribution in [1.82, 2.24) is 14.7 Å². The van der Waals surface area contributed by atoms with Gasteiger partial charge < -0.3 is 10.6 Å². The van der Waals surface area contributed by atoms with Crippen molar-refractivity contribution in [3.05, 3.63) is 0 Å². The highest BCUT2D eigenvalue weighted by Gasteiger charge is 2.31. The molecule has 0 aromatic heterocycles. The predicted octanol–water partition coefficient (Wildman–Crippen LogP) is -0.0323. The number of rotatable bonds is 2. The van der Waals surface area contributed by atoms with Crippen molar-refractivity contribution in [1.29, 1.82) is 0 Å². The molecule has 0 aromatic rings. The van der Waals surface area contributed by atoms with Crippen LogP contribution in [0.5, 0.6) is 0 Å². The van der Waals surface area contributed by atoms with Gasteiger partial charge in [-0.1, -0.05) is 0 Å². The van der Waals surface area contributed by atoms with Crippen molar-refractivity contribution < 1.29 is 0 Å². The molecule has 4 rings (SSSR count). The predicted molar refractivity (Wildman–Crippen MR) is 92.6 cm³/mol. The van der Waals surface area contributed by atoms with Gasteiger partial charge in [0.2, 0.25) is 0 Å².